The summed E-state index contributed by atoms with van der Waals surface area (Å²) in [5.74, 6) is 0. The number of carbonyl (C=O) groups excluding carboxylic acids is 2. The second-order valence-corrected chi connectivity index (χ2v) is 2.02. The van der Waals surface area contributed by atoms with Crippen LogP contribution in [0.1, 0.15) is 19.8 Å². The summed E-state index contributed by atoms with van der Waals surface area (Å²) in [6.07, 6.45) is 0.713. The Balaban J connectivity index is 3.28. The van der Waals surface area contributed by atoms with E-state index in [-0.39, 0.29) is 6.61 Å². The van der Waals surface area contributed by atoms with Crippen molar-refractivity contribution in [2.45, 2.75) is 19.8 Å². The molecule has 0 rings (SSSR count). The third-order valence-corrected chi connectivity index (χ3v) is 0.953. The molecular weight excluding hydrogens is 164 g/mol. The number of hydrogen-bond acceptors (Lipinski definition) is 4. The van der Waals surface area contributed by atoms with Gasteiger partial charge in [-0.15, -0.1) is 0 Å². The summed E-state index contributed by atoms with van der Waals surface area (Å²) in [4.78, 5) is 24.6. The van der Waals surface area contributed by atoms with Crippen LogP contribution in [0, 0.1) is 0 Å². The number of hydrogen-bond donors (Lipinski definition) is 2. The van der Waals surface area contributed by atoms with Crippen LogP contribution >= 0.6 is 0 Å². The van der Waals surface area contributed by atoms with Gasteiger partial charge in [-0.25, -0.2) is 9.59 Å². The molecule has 0 aromatic rings. The predicted octanol–water partition coefficient (Wildman–Crippen LogP) is 0.523. The number of unbranched alkanes of at least 4 members (excludes halogenated alkanes) is 1. The van der Waals surface area contributed by atoms with Crippen molar-refractivity contribution in [3.05, 3.63) is 0 Å². The second kappa shape index (κ2) is 6.26. The van der Waals surface area contributed by atoms with Gasteiger partial charge in [-0.2, -0.15) is 5.48 Å². The van der Waals surface area contributed by atoms with Gasteiger partial charge in [-0.05, 0) is 6.42 Å². The zero-order chi connectivity index (χ0) is 9.40. The Hall–Kier alpha value is -1.46. The van der Waals surface area contributed by atoms with E-state index in [1.54, 1.807) is 5.48 Å². The molecule has 0 unspecified atom stereocenters. The molecule has 0 aliphatic rings. The van der Waals surface area contributed by atoms with E-state index in [0.29, 0.717) is 0 Å². The SMILES string of the molecule is CCCCOC(=O)ONC(N)=O. The Kier molecular flexibility index (Phi) is 5.50. The maximum Gasteiger partial charge on any atom is 0.533 e. The molecule has 0 bridgehead atoms. The Morgan fingerprint density at radius 3 is 2.67 bits per heavy atom. The number of primary amides is 1. The first kappa shape index (κ1) is 10.5. The lowest BCUT2D eigenvalue weighted by atomic mass is 10.4. The van der Waals surface area contributed by atoms with E-state index in [1.807, 2.05) is 6.92 Å². The largest absolute Gasteiger partial charge is 0.533 e. The van der Waals surface area contributed by atoms with Crippen LogP contribution < -0.4 is 11.2 Å². The molecular formula is C6H12N2O4. The van der Waals surface area contributed by atoms with Crippen LogP contribution in [0.4, 0.5) is 9.59 Å². The number of carbonyl (C=O) groups is 2. The number of hydroxylamine groups is 1. The Labute approximate surface area is 70.0 Å². The van der Waals surface area contributed by atoms with Crippen molar-refractivity contribution >= 4 is 12.2 Å². The molecule has 70 valence electrons. The highest BCUT2D eigenvalue weighted by Gasteiger charge is 2.03. The fourth-order valence-electron chi connectivity index (χ4n) is 0.421. The average molecular weight is 176 g/mol. The van der Waals surface area contributed by atoms with Gasteiger partial charge in [0.1, 0.15) is 0 Å². The van der Waals surface area contributed by atoms with Crippen molar-refractivity contribution in [1.82, 2.24) is 5.48 Å². The maximum absolute atomic E-state index is 10.5. The van der Waals surface area contributed by atoms with Crippen LogP contribution in [0.15, 0.2) is 0 Å². The lowest BCUT2D eigenvalue weighted by molar-refractivity contribution is 0.0278. The summed E-state index contributed by atoms with van der Waals surface area (Å²) in [6.45, 7) is 2.23. The maximum atomic E-state index is 10.5. The molecule has 0 aliphatic carbocycles. The molecule has 0 aromatic carbocycles. The highest BCUT2D eigenvalue weighted by molar-refractivity contribution is 5.72. The van der Waals surface area contributed by atoms with Crippen molar-refractivity contribution in [1.29, 1.82) is 0 Å². The number of urea groups is 1. The first-order valence-electron chi connectivity index (χ1n) is 3.56. The molecule has 0 fully saturated rings. The Bertz CT molecular complexity index is 160. The summed E-state index contributed by atoms with van der Waals surface area (Å²) < 4.78 is 4.50. The van der Waals surface area contributed by atoms with Crippen LogP contribution in [-0.2, 0) is 9.57 Å². The van der Waals surface area contributed by atoms with E-state index in [2.05, 4.69) is 15.3 Å². The van der Waals surface area contributed by atoms with Gasteiger partial charge in [0.25, 0.3) is 0 Å². The molecule has 0 aromatic heterocycles. The number of nitrogens with one attached hydrogen (secondary N) is 1. The molecule has 6 nitrogen and oxygen atoms in total. The van der Waals surface area contributed by atoms with Gasteiger partial charge in [0.15, 0.2) is 0 Å². The minimum atomic E-state index is -0.956. The van der Waals surface area contributed by atoms with Gasteiger partial charge in [0, 0.05) is 0 Å². The molecule has 0 radical (unpaired) electrons. The van der Waals surface area contributed by atoms with Crippen molar-refractivity contribution < 1.29 is 19.2 Å². The molecule has 0 saturated carbocycles. The smallest absolute Gasteiger partial charge is 0.433 e. The van der Waals surface area contributed by atoms with Gasteiger partial charge >= 0.3 is 12.2 Å². The van der Waals surface area contributed by atoms with Gasteiger partial charge in [-0.3, -0.25) is 0 Å². The third kappa shape index (κ3) is 6.66. The number of rotatable bonds is 3. The Morgan fingerprint density at radius 2 is 2.17 bits per heavy atom. The summed E-state index contributed by atoms with van der Waals surface area (Å²) >= 11 is 0. The number of amides is 2. The summed E-state index contributed by atoms with van der Waals surface area (Å²) in [7, 11) is 0. The van der Waals surface area contributed by atoms with Crippen molar-refractivity contribution in [2.24, 2.45) is 5.73 Å². The lowest BCUT2D eigenvalue weighted by Gasteiger charge is -2.03. The van der Waals surface area contributed by atoms with Crippen molar-refractivity contribution in [3.63, 3.8) is 0 Å². The quantitative estimate of drug-likeness (QED) is 0.372. The van der Waals surface area contributed by atoms with E-state index in [9.17, 15) is 9.59 Å². The predicted molar refractivity (Wildman–Crippen MR) is 40.1 cm³/mol. The van der Waals surface area contributed by atoms with E-state index in [4.69, 9.17) is 0 Å². The summed E-state index contributed by atoms with van der Waals surface area (Å²) in [5.41, 5.74) is 6.25. The van der Waals surface area contributed by atoms with Crippen LogP contribution in [0.2, 0.25) is 0 Å². The average Bonchev–Trinajstić information content (AvgIpc) is 2.01. The number of nitrogens with two attached hydrogens (primary N) is 1. The van der Waals surface area contributed by atoms with Crippen LogP contribution in [0.5, 0.6) is 0 Å². The molecule has 3 N–H and O–H groups in total. The van der Waals surface area contributed by atoms with Gasteiger partial charge in [0.2, 0.25) is 0 Å². The standard InChI is InChI=1S/C6H12N2O4/c1-2-3-4-11-6(10)12-8-5(7)9/h2-4H2,1H3,(H3,7,8,9). The lowest BCUT2D eigenvalue weighted by Crippen LogP contribution is -2.32. The molecule has 12 heavy (non-hydrogen) atoms. The van der Waals surface area contributed by atoms with Crippen LogP contribution in [-0.4, -0.2) is 18.8 Å². The highest BCUT2D eigenvalue weighted by atomic mass is 16.8. The molecule has 0 saturated heterocycles. The van der Waals surface area contributed by atoms with E-state index in [1.165, 1.54) is 0 Å². The number of ether oxygens (including phenoxy) is 1. The zero-order valence-corrected chi connectivity index (χ0v) is 6.83. The monoisotopic (exact) mass is 176 g/mol. The molecule has 0 atom stereocenters. The molecule has 0 heterocycles. The van der Waals surface area contributed by atoms with Crippen LogP contribution in [0.25, 0.3) is 0 Å². The van der Waals surface area contributed by atoms with E-state index < -0.39 is 12.2 Å². The van der Waals surface area contributed by atoms with Gasteiger partial charge < -0.3 is 15.3 Å². The minimum absolute atomic E-state index is 0.274. The molecule has 0 aliphatic heterocycles. The highest BCUT2D eigenvalue weighted by Crippen LogP contribution is 1.89. The second-order valence-electron chi connectivity index (χ2n) is 2.02. The Morgan fingerprint density at radius 1 is 1.50 bits per heavy atom. The topological polar surface area (TPSA) is 90.7 Å². The van der Waals surface area contributed by atoms with E-state index in [0.717, 1.165) is 12.8 Å². The minimum Gasteiger partial charge on any atom is -0.433 e. The van der Waals surface area contributed by atoms with E-state index >= 15 is 0 Å². The fourth-order valence-corrected chi connectivity index (χ4v) is 0.421. The van der Waals surface area contributed by atoms with Crippen molar-refractivity contribution in [2.75, 3.05) is 6.61 Å². The van der Waals surface area contributed by atoms with Crippen molar-refractivity contribution in [3.8, 4) is 0 Å². The van der Waals surface area contributed by atoms with Crippen LogP contribution in [0.3, 0.4) is 0 Å². The summed E-state index contributed by atoms with van der Waals surface area (Å²) in [6, 6.07) is -0.942. The molecule has 6 heteroatoms. The zero-order valence-electron chi connectivity index (χ0n) is 6.83. The first-order chi connectivity index (χ1) is 5.66. The van der Waals surface area contributed by atoms with Gasteiger partial charge in [0.05, 0.1) is 6.61 Å². The fraction of sp³-hybridized carbons (Fsp3) is 0.667. The third-order valence-electron chi connectivity index (χ3n) is 0.953. The first-order valence-corrected chi connectivity index (χ1v) is 3.56. The normalized spacial score (nSPS) is 8.75. The molecule has 0 spiro atoms. The van der Waals surface area contributed by atoms with Gasteiger partial charge in [-0.1, -0.05) is 13.3 Å². The summed E-state index contributed by atoms with van der Waals surface area (Å²) in [5, 5.41) is 0. The molecule has 2 amide bonds.